The average Bonchev–Trinajstić information content (AvgIpc) is 3.10. The molecule has 0 spiro atoms. The van der Waals surface area contributed by atoms with Gasteiger partial charge in [-0.25, -0.2) is 0 Å². The first-order chi connectivity index (χ1) is 11.7. The summed E-state index contributed by atoms with van der Waals surface area (Å²) < 4.78 is 5.82. The minimum Gasteiger partial charge on any atom is -0.451 e. The monoisotopic (exact) mass is 357 g/mol. The molecular formula is C19H16ClNO2S. The molecule has 0 unspecified atom stereocenters. The third kappa shape index (κ3) is 3.12. The molecular weight excluding hydrogens is 342 g/mol. The van der Waals surface area contributed by atoms with Gasteiger partial charge in [0.25, 0.3) is 5.91 Å². The van der Waals surface area contributed by atoms with E-state index in [1.54, 1.807) is 17.4 Å². The molecule has 1 amide bonds. The van der Waals surface area contributed by atoms with Crippen molar-refractivity contribution >= 4 is 28.8 Å². The van der Waals surface area contributed by atoms with Gasteiger partial charge >= 0.3 is 0 Å². The Morgan fingerprint density at radius 2 is 2.00 bits per heavy atom. The quantitative estimate of drug-likeness (QED) is 0.607. The van der Waals surface area contributed by atoms with Crippen LogP contribution in [0.2, 0.25) is 5.02 Å². The lowest BCUT2D eigenvalue weighted by Crippen LogP contribution is -2.32. The lowest BCUT2D eigenvalue weighted by molar-refractivity contribution is 0.0700. The van der Waals surface area contributed by atoms with Crippen molar-refractivity contribution in [3.05, 3.63) is 69.6 Å². The van der Waals surface area contributed by atoms with Crippen LogP contribution < -0.4 is 0 Å². The molecule has 1 saturated carbocycles. The van der Waals surface area contributed by atoms with Crippen molar-refractivity contribution in [2.24, 2.45) is 0 Å². The Balaban J connectivity index is 1.58. The summed E-state index contributed by atoms with van der Waals surface area (Å²) in [6, 6.07) is 15.4. The number of hydrogen-bond donors (Lipinski definition) is 0. The molecule has 0 bridgehead atoms. The van der Waals surface area contributed by atoms with E-state index in [4.69, 9.17) is 16.0 Å². The summed E-state index contributed by atoms with van der Waals surface area (Å²) in [5, 5.41) is 2.65. The molecule has 2 heterocycles. The van der Waals surface area contributed by atoms with Crippen LogP contribution in [-0.2, 0) is 6.54 Å². The Labute approximate surface area is 149 Å². The van der Waals surface area contributed by atoms with Gasteiger partial charge in [-0.1, -0.05) is 29.8 Å². The summed E-state index contributed by atoms with van der Waals surface area (Å²) >= 11 is 7.88. The fraction of sp³-hybridized carbons (Fsp3) is 0.211. The zero-order valence-electron chi connectivity index (χ0n) is 12.9. The van der Waals surface area contributed by atoms with Crippen LogP contribution in [0.15, 0.2) is 58.3 Å². The number of hydrogen-bond acceptors (Lipinski definition) is 3. The Kier molecular flexibility index (Phi) is 4.17. The molecule has 0 aliphatic heterocycles. The van der Waals surface area contributed by atoms with E-state index in [0.29, 0.717) is 29.1 Å². The number of nitrogens with zero attached hydrogens (tertiary/aromatic N) is 1. The first-order valence-corrected chi connectivity index (χ1v) is 9.16. The fourth-order valence-electron chi connectivity index (χ4n) is 2.72. The number of carbonyl (C=O) groups is 1. The highest BCUT2D eigenvalue weighted by Gasteiger charge is 2.34. The molecule has 0 saturated heterocycles. The Bertz CT molecular complexity index is 852. The molecule has 0 radical (unpaired) electrons. The Morgan fingerprint density at radius 1 is 1.17 bits per heavy atom. The van der Waals surface area contributed by atoms with Gasteiger partial charge in [-0.3, -0.25) is 4.79 Å². The SMILES string of the molecule is O=C(c1ccc(-c2ccccc2Cl)o1)N(Cc1cccs1)C1CC1. The van der Waals surface area contributed by atoms with Crippen LogP contribution in [0.1, 0.15) is 28.3 Å². The molecule has 1 aromatic carbocycles. The van der Waals surface area contributed by atoms with E-state index in [1.165, 1.54) is 4.88 Å². The summed E-state index contributed by atoms with van der Waals surface area (Å²) in [5.74, 6) is 0.938. The Hall–Kier alpha value is -2.04. The summed E-state index contributed by atoms with van der Waals surface area (Å²) in [7, 11) is 0. The van der Waals surface area contributed by atoms with E-state index in [2.05, 4.69) is 6.07 Å². The number of rotatable bonds is 5. The number of benzene rings is 1. The third-order valence-electron chi connectivity index (χ3n) is 4.11. The van der Waals surface area contributed by atoms with Crippen molar-refractivity contribution in [1.82, 2.24) is 4.90 Å². The van der Waals surface area contributed by atoms with Gasteiger partial charge in [0.05, 0.1) is 11.6 Å². The van der Waals surface area contributed by atoms with E-state index in [9.17, 15) is 4.79 Å². The van der Waals surface area contributed by atoms with Crippen LogP contribution in [0.4, 0.5) is 0 Å². The smallest absolute Gasteiger partial charge is 0.290 e. The molecule has 1 aliphatic carbocycles. The second-order valence-electron chi connectivity index (χ2n) is 5.89. The number of amides is 1. The van der Waals surface area contributed by atoms with Crippen LogP contribution in [0, 0.1) is 0 Å². The standard InChI is InChI=1S/C19H16ClNO2S/c20-16-6-2-1-5-15(16)17-9-10-18(23-17)19(22)21(13-7-8-13)12-14-4-3-11-24-14/h1-6,9-11,13H,7-8,12H2. The zero-order chi connectivity index (χ0) is 16.5. The number of carbonyl (C=O) groups excluding carboxylic acids is 1. The maximum Gasteiger partial charge on any atom is 0.290 e. The molecule has 0 atom stereocenters. The summed E-state index contributed by atoms with van der Waals surface area (Å²) in [5.41, 5.74) is 0.800. The van der Waals surface area contributed by atoms with Gasteiger partial charge in [0.2, 0.25) is 0 Å². The molecule has 4 rings (SSSR count). The normalized spacial score (nSPS) is 13.9. The van der Waals surface area contributed by atoms with E-state index < -0.39 is 0 Å². The van der Waals surface area contributed by atoms with E-state index in [1.807, 2.05) is 46.7 Å². The molecule has 2 aromatic heterocycles. The van der Waals surface area contributed by atoms with E-state index in [0.717, 1.165) is 18.4 Å². The highest BCUT2D eigenvalue weighted by Crippen LogP contribution is 2.33. The molecule has 24 heavy (non-hydrogen) atoms. The minimum atomic E-state index is -0.0517. The summed E-state index contributed by atoms with van der Waals surface area (Å²) in [6.45, 7) is 0.642. The predicted molar refractivity (Wildman–Crippen MR) is 96.4 cm³/mol. The van der Waals surface area contributed by atoms with Crippen molar-refractivity contribution in [2.45, 2.75) is 25.4 Å². The fourth-order valence-corrected chi connectivity index (χ4v) is 3.66. The maximum absolute atomic E-state index is 12.9. The van der Waals surface area contributed by atoms with E-state index in [-0.39, 0.29) is 5.91 Å². The molecule has 3 nitrogen and oxygen atoms in total. The zero-order valence-corrected chi connectivity index (χ0v) is 14.5. The topological polar surface area (TPSA) is 33.5 Å². The molecule has 5 heteroatoms. The predicted octanol–water partition coefficient (Wildman–Crippen LogP) is 5.47. The number of furan rings is 1. The maximum atomic E-state index is 12.9. The first-order valence-electron chi connectivity index (χ1n) is 7.90. The molecule has 3 aromatic rings. The van der Waals surface area contributed by atoms with Crippen molar-refractivity contribution in [3.8, 4) is 11.3 Å². The van der Waals surface area contributed by atoms with Crippen molar-refractivity contribution < 1.29 is 9.21 Å². The van der Waals surface area contributed by atoms with Gasteiger partial charge in [-0.2, -0.15) is 0 Å². The molecule has 122 valence electrons. The number of thiophene rings is 1. The van der Waals surface area contributed by atoms with Crippen LogP contribution >= 0.6 is 22.9 Å². The largest absolute Gasteiger partial charge is 0.451 e. The molecule has 0 N–H and O–H groups in total. The summed E-state index contributed by atoms with van der Waals surface area (Å²) in [4.78, 5) is 16.0. The van der Waals surface area contributed by atoms with Crippen molar-refractivity contribution in [1.29, 1.82) is 0 Å². The van der Waals surface area contributed by atoms with Gasteiger partial charge < -0.3 is 9.32 Å². The van der Waals surface area contributed by atoms with E-state index >= 15 is 0 Å². The van der Waals surface area contributed by atoms with Gasteiger partial charge in [0.15, 0.2) is 5.76 Å². The lowest BCUT2D eigenvalue weighted by Gasteiger charge is -2.20. The van der Waals surface area contributed by atoms with Crippen molar-refractivity contribution in [3.63, 3.8) is 0 Å². The Morgan fingerprint density at radius 3 is 2.71 bits per heavy atom. The van der Waals surface area contributed by atoms with Crippen LogP contribution in [0.5, 0.6) is 0 Å². The highest BCUT2D eigenvalue weighted by atomic mass is 35.5. The van der Waals surface area contributed by atoms with Gasteiger partial charge in [-0.05, 0) is 48.6 Å². The van der Waals surface area contributed by atoms with Crippen LogP contribution in [0.3, 0.4) is 0 Å². The van der Waals surface area contributed by atoms with Gasteiger partial charge in [-0.15, -0.1) is 11.3 Å². The van der Waals surface area contributed by atoms with Gasteiger partial charge in [0, 0.05) is 16.5 Å². The molecule has 1 fully saturated rings. The first kappa shape index (κ1) is 15.5. The number of halogens is 1. The van der Waals surface area contributed by atoms with Crippen molar-refractivity contribution in [2.75, 3.05) is 0 Å². The second-order valence-corrected chi connectivity index (χ2v) is 7.33. The second kappa shape index (κ2) is 6.46. The van der Waals surface area contributed by atoms with Crippen LogP contribution in [-0.4, -0.2) is 16.8 Å². The minimum absolute atomic E-state index is 0.0517. The average molecular weight is 358 g/mol. The van der Waals surface area contributed by atoms with Gasteiger partial charge in [0.1, 0.15) is 5.76 Å². The highest BCUT2D eigenvalue weighted by molar-refractivity contribution is 7.09. The third-order valence-corrected chi connectivity index (χ3v) is 5.30. The lowest BCUT2D eigenvalue weighted by atomic mass is 10.2. The van der Waals surface area contributed by atoms with Crippen LogP contribution in [0.25, 0.3) is 11.3 Å². The molecule has 1 aliphatic rings. The summed E-state index contributed by atoms with van der Waals surface area (Å²) in [6.07, 6.45) is 2.13.